The molecule has 38 heavy (non-hydrogen) atoms. The maximum absolute atomic E-state index is 14.6. The molecule has 9 heteroatoms. The predicted molar refractivity (Wildman–Crippen MR) is 150 cm³/mol. The maximum Gasteiger partial charge on any atom is 0.279 e. The lowest BCUT2D eigenvalue weighted by molar-refractivity contribution is -0.126. The van der Waals surface area contributed by atoms with Crippen LogP contribution in [0.15, 0.2) is 66.7 Å². The lowest BCUT2D eigenvalue weighted by Crippen LogP contribution is -2.57. The molecule has 1 heterocycles. The first kappa shape index (κ1) is 26.2. The van der Waals surface area contributed by atoms with Gasteiger partial charge in [-0.1, -0.05) is 23.7 Å². The molecule has 198 valence electrons. The van der Waals surface area contributed by atoms with Gasteiger partial charge < -0.3 is 31.4 Å². The first-order chi connectivity index (χ1) is 18.2. The van der Waals surface area contributed by atoms with Gasteiger partial charge in [0.05, 0.1) is 0 Å². The van der Waals surface area contributed by atoms with Crippen LogP contribution in [0, 0.1) is 10.6 Å². The quantitative estimate of drug-likeness (QED) is 0.150. The third kappa shape index (κ3) is 5.54. The molecule has 0 aromatic heterocycles. The topological polar surface area (TPSA) is 137 Å². The molecule has 8 nitrogen and oxygen atoms in total. The number of ether oxygens (including phenoxy) is 1. The van der Waals surface area contributed by atoms with Crippen molar-refractivity contribution < 1.29 is 9.53 Å². The number of amides is 1. The van der Waals surface area contributed by atoms with Gasteiger partial charge in [-0.05, 0) is 74.2 Å². The molecule has 1 aliphatic heterocycles. The van der Waals surface area contributed by atoms with Gasteiger partial charge in [0.2, 0.25) is 0 Å². The van der Waals surface area contributed by atoms with Crippen LogP contribution in [0.3, 0.4) is 0 Å². The van der Waals surface area contributed by atoms with Crippen LogP contribution in [0.2, 0.25) is 5.02 Å². The molecule has 1 fully saturated rings. The van der Waals surface area contributed by atoms with Gasteiger partial charge in [-0.3, -0.25) is 10.2 Å². The Kier molecular flexibility index (Phi) is 7.40. The molecular weight excluding hydrogens is 502 g/mol. The lowest BCUT2D eigenvalue weighted by Gasteiger charge is -2.44. The van der Waals surface area contributed by atoms with E-state index in [-0.39, 0.29) is 30.4 Å². The molecule has 0 bridgehead atoms. The highest BCUT2D eigenvalue weighted by atomic mass is 35.5. The Bertz CT molecular complexity index is 1320. The normalized spacial score (nSPS) is 24.4. The second kappa shape index (κ2) is 10.7. The number of benzene rings is 3. The number of halogens is 1. The van der Waals surface area contributed by atoms with E-state index in [0.29, 0.717) is 34.2 Å². The van der Waals surface area contributed by atoms with Gasteiger partial charge in [0.15, 0.2) is 6.04 Å². The average Bonchev–Trinajstić information content (AvgIpc) is 3.19. The number of hydrogen-bond acceptors (Lipinski definition) is 5. The molecule has 2 aliphatic rings. The Morgan fingerprint density at radius 2 is 1.66 bits per heavy atom. The van der Waals surface area contributed by atoms with Gasteiger partial charge in [-0.2, -0.15) is 0 Å². The fourth-order valence-corrected chi connectivity index (χ4v) is 5.52. The van der Waals surface area contributed by atoms with Gasteiger partial charge in [-0.25, -0.2) is 0 Å². The van der Waals surface area contributed by atoms with Crippen molar-refractivity contribution in [2.45, 2.75) is 56.8 Å². The van der Waals surface area contributed by atoms with Crippen LogP contribution in [-0.2, 0) is 17.8 Å². The molecule has 3 aromatic carbocycles. The van der Waals surface area contributed by atoms with E-state index in [2.05, 4.69) is 5.32 Å². The smallest absolute Gasteiger partial charge is 0.279 e. The number of carbonyl (C=O) groups is 1. The molecule has 0 saturated heterocycles. The number of amidine groups is 1. The monoisotopic (exact) mass is 533 g/mol. The van der Waals surface area contributed by atoms with E-state index in [4.69, 9.17) is 33.2 Å². The van der Waals surface area contributed by atoms with Gasteiger partial charge >= 0.3 is 0 Å². The highest BCUT2D eigenvalue weighted by Gasteiger charge is 2.45. The Morgan fingerprint density at radius 1 is 1.03 bits per heavy atom. The summed E-state index contributed by atoms with van der Waals surface area (Å²) in [5, 5.41) is 26.3. The van der Waals surface area contributed by atoms with Crippen molar-refractivity contribution in [2.75, 3.05) is 0 Å². The van der Waals surface area contributed by atoms with Crippen LogP contribution in [0.25, 0.3) is 0 Å². The zero-order valence-electron chi connectivity index (χ0n) is 21.0. The first-order valence-electron chi connectivity index (χ1n) is 12.9. The van der Waals surface area contributed by atoms with Crippen molar-refractivity contribution in [3.63, 3.8) is 0 Å². The Labute approximate surface area is 227 Å². The van der Waals surface area contributed by atoms with Crippen molar-refractivity contribution in [2.24, 2.45) is 11.5 Å². The van der Waals surface area contributed by atoms with Crippen LogP contribution in [-0.4, -0.2) is 29.9 Å². The Balaban J connectivity index is 1.39. The third-order valence-corrected chi connectivity index (χ3v) is 7.78. The number of fused-ring (bicyclic) bond motifs is 1. The van der Waals surface area contributed by atoms with E-state index in [1.54, 1.807) is 48.5 Å². The second-order valence-electron chi connectivity index (χ2n) is 10.3. The van der Waals surface area contributed by atoms with E-state index in [9.17, 15) is 10.0 Å². The minimum atomic E-state index is -0.841. The number of rotatable bonds is 7. The Hall–Kier alpha value is -3.43. The summed E-state index contributed by atoms with van der Waals surface area (Å²) in [7, 11) is 0. The molecule has 0 radical (unpaired) electrons. The summed E-state index contributed by atoms with van der Waals surface area (Å²) in [5.41, 5.74) is 14.3. The van der Waals surface area contributed by atoms with Crippen LogP contribution in [0.5, 0.6) is 11.5 Å². The van der Waals surface area contributed by atoms with Gasteiger partial charge in [0.1, 0.15) is 29.6 Å². The first-order valence-corrected chi connectivity index (χ1v) is 13.2. The van der Waals surface area contributed by atoms with E-state index >= 15 is 0 Å². The number of nitrogens with zero attached hydrogens (tertiary/aromatic N) is 1. The van der Waals surface area contributed by atoms with Crippen molar-refractivity contribution in [1.82, 2.24) is 9.96 Å². The summed E-state index contributed by atoms with van der Waals surface area (Å²) in [5.74, 6) is 0.914. The van der Waals surface area contributed by atoms with Crippen molar-refractivity contribution in [1.29, 1.82) is 5.41 Å². The standard InChI is InChI=1S/C29H32ClN5O3/c30-21-5-13-25(14-6-21)38-24-11-1-18(2-12-24)17-35(37)26-16-20(28(32)33)4-3-19(26)15-27(35)29(36)34-23-9-7-22(31)8-10-23/h1-6,11-14,16,22-23,27H,7-10,15,17,31H2,(H3,32,33)(H,34,36). The van der Waals surface area contributed by atoms with Crippen molar-refractivity contribution in [3.05, 3.63) is 93.7 Å². The second-order valence-corrected chi connectivity index (χ2v) is 10.7. The van der Waals surface area contributed by atoms with Crippen molar-refractivity contribution >= 4 is 29.0 Å². The zero-order chi connectivity index (χ0) is 26.9. The number of hydrogen-bond donors (Lipinski definition) is 4. The summed E-state index contributed by atoms with van der Waals surface area (Å²) in [6.07, 6.45) is 3.68. The summed E-state index contributed by atoms with van der Waals surface area (Å²) in [6.45, 7) is 0.0587. The lowest BCUT2D eigenvalue weighted by atomic mass is 9.91. The molecule has 2 unspecified atom stereocenters. The molecule has 1 aliphatic carbocycles. The summed E-state index contributed by atoms with van der Waals surface area (Å²) in [6, 6.07) is 18.9. The minimum absolute atomic E-state index is 0.0246. The number of nitrogen functional groups attached to an aromatic ring is 1. The number of nitrogens with two attached hydrogens (primary N) is 2. The Morgan fingerprint density at radius 3 is 2.29 bits per heavy atom. The SMILES string of the molecule is N=C(N)c1ccc2c(c1)[N+]([O-])(Cc1ccc(Oc3ccc(Cl)cc3)cc1)C(C(=O)NC1CCC(N)CC1)C2. The molecule has 2 atom stereocenters. The highest BCUT2D eigenvalue weighted by molar-refractivity contribution is 6.30. The molecule has 5 rings (SSSR count). The average molecular weight is 534 g/mol. The fourth-order valence-electron chi connectivity index (χ4n) is 5.39. The zero-order valence-corrected chi connectivity index (χ0v) is 21.8. The molecule has 1 amide bonds. The van der Waals surface area contributed by atoms with Gasteiger partial charge in [0.25, 0.3) is 5.91 Å². The predicted octanol–water partition coefficient (Wildman–Crippen LogP) is 4.73. The van der Waals surface area contributed by atoms with E-state index in [1.807, 2.05) is 18.2 Å². The third-order valence-electron chi connectivity index (χ3n) is 7.53. The number of nitrogens with one attached hydrogen (secondary N) is 2. The van der Waals surface area contributed by atoms with Crippen LogP contribution in [0.4, 0.5) is 5.69 Å². The summed E-state index contributed by atoms with van der Waals surface area (Å²) >= 11 is 5.95. The molecule has 3 aromatic rings. The largest absolute Gasteiger partial charge is 0.627 e. The van der Waals surface area contributed by atoms with E-state index in [1.165, 1.54) is 0 Å². The minimum Gasteiger partial charge on any atom is -0.627 e. The van der Waals surface area contributed by atoms with Crippen LogP contribution < -0.4 is 26.2 Å². The molecule has 0 spiro atoms. The molecular formula is C29H32ClN5O3. The van der Waals surface area contributed by atoms with Crippen molar-refractivity contribution in [3.8, 4) is 11.5 Å². The van der Waals surface area contributed by atoms with E-state index < -0.39 is 10.7 Å². The summed E-state index contributed by atoms with van der Waals surface area (Å²) < 4.78 is 5.04. The summed E-state index contributed by atoms with van der Waals surface area (Å²) in [4.78, 5) is 13.5. The number of hydroxylamine groups is 2. The molecule has 6 N–H and O–H groups in total. The van der Waals surface area contributed by atoms with E-state index in [0.717, 1.165) is 36.8 Å². The number of quaternary nitrogens is 1. The van der Waals surface area contributed by atoms with Gasteiger partial charge in [-0.15, -0.1) is 0 Å². The maximum atomic E-state index is 14.6. The number of carbonyl (C=O) groups excluding carboxylic acids is 1. The van der Waals surface area contributed by atoms with Crippen LogP contribution >= 0.6 is 11.6 Å². The van der Waals surface area contributed by atoms with Gasteiger partial charge in [0, 0.05) is 46.3 Å². The van der Waals surface area contributed by atoms with Crippen LogP contribution in [0.1, 0.15) is 42.4 Å². The molecule has 1 saturated carbocycles. The highest BCUT2D eigenvalue weighted by Crippen LogP contribution is 2.41. The fraction of sp³-hybridized carbons (Fsp3) is 0.310.